The molecule has 0 bridgehead atoms. The zero-order valence-corrected chi connectivity index (χ0v) is 11.6. The average Bonchev–Trinajstić information content (AvgIpc) is 3.01. The van der Waals surface area contributed by atoms with Crippen LogP contribution in [0.5, 0.6) is 5.75 Å². The van der Waals surface area contributed by atoms with E-state index in [0.29, 0.717) is 23.2 Å². The summed E-state index contributed by atoms with van der Waals surface area (Å²) >= 11 is 0. The standard InChI is InChI=1S/C16H16N2O3/c1-10-8-14(10)15-7-6-13(21-15)9-17-18-16(20)11-2-4-12(19)5-3-11/h2-7,9-10,14,19H,8H2,1H3,(H,18,20)/b17-9-/t10-,14-/m1/s1. The van der Waals surface area contributed by atoms with E-state index >= 15 is 0 Å². The molecule has 0 aliphatic heterocycles. The van der Waals surface area contributed by atoms with Crippen LogP contribution in [0, 0.1) is 5.92 Å². The molecule has 1 fully saturated rings. The van der Waals surface area contributed by atoms with Crippen LogP contribution in [0.15, 0.2) is 45.9 Å². The minimum absolute atomic E-state index is 0.118. The van der Waals surface area contributed by atoms with Gasteiger partial charge in [-0.3, -0.25) is 4.79 Å². The topological polar surface area (TPSA) is 74.8 Å². The number of hydrazone groups is 1. The fraction of sp³-hybridized carbons (Fsp3) is 0.250. The molecular weight excluding hydrogens is 268 g/mol. The molecular formula is C16H16N2O3. The fourth-order valence-electron chi connectivity index (χ4n) is 2.19. The van der Waals surface area contributed by atoms with Crippen molar-refractivity contribution in [3.63, 3.8) is 0 Å². The Bertz CT molecular complexity index is 673. The van der Waals surface area contributed by atoms with E-state index in [1.807, 2.05) is 12.1 Å². The molecule has 0 spiro atoms. The van der Waals surface area contributed by atoms with Gasteiger partial charge >= 0.3 is 0 Å². The number of aromatic hydroxyl groups is 1. The van der Waals surface area contributed by atoms with E-state index in [2.05, 4.69) is 17.5 Å². The molecule has 3 rings (SSSR count). The van der Waals surface area contributed by atoms with Gasteiger partial charge in [0.1, 0.15) is 17.3 Å². The Hall–Kier alpha value is -2.56. The number of nitrogens with zero attached hydrogens (tertiary/aromatic N) is 1. The molecule has 0 saturated heterocycles. The summed E-state index contributed by atoms with van der Waals surface area (Å²) in [6.45, 7) is 2.19. The van der Waals surface area contributed by atoms with Crippen LogP contribution in [-0.2, 0) is 0 Å². The average molecular weight is 284 g/mol. The molecule has 1 aromatic heterocycles. The number of phenols is 1. The van der Waals surface area contributed by atoms with Gasteiger partial charge in [0.05, 0.1) is 6.21 Å². The van der Waals surface area contributed by atoms with Crippen molar-refractivity contribution in [2.75, 3.05) is 0 Å². The van der Waals surface area contributed by atoms with Crippen molar-refractivity contribution in [1.82, 2.24) is 5.43 Å². The normalized spacial score (nSPS) is 20.6. The first kappa shape index (κ1) is 13.4. The zero-order valence-electron chi connectivity index (χ0n) is 11.6. The highest BCUT2D eigenvalue weighted by molar-refractivity contribution is 5.94. The summed E-state index contributed by atoms with van der Waals surface area (Å²) in [6.07, 6.45) is 2.65. The Morgan fingerprint density at radius 1 is 1.33 bits per heavy atom. The van der Waals surface area contributed by atoms with Gasteiger partial charge in [-0.1, -0.05) is 6.92 Å². The van der Waals surface area contributed by atoms with Gasteiger partial charge < -0.3 is 9.52 Å². The number of furan rings is 1. The molecule has 1 aliphatic rings. The van der Waals surface area contributed by atoms with Crippen LogP contribution in [0.2, 0.25) is 0 Å². The Morgan fingerprint density at radius 2 is 2.05 bits per heavy atom. The third-order valence-corrected chi connectivity index (χ3v) is 3.61. The predicted molar refractivity (Wildman–Crippen MR) is 78.4 cm³/mol. The zero-order chi connectivity index (χ0) is 14.8. The molecule has 0 radical (unpaired) electrons. The highest BCUT2D eigenvalue weighted by Crippen LogP contribution is 2.47. The van der Waals surface area contributed by atoms with E-state index in [-0.39, 0.29) is 11.7 Å². The third-order valence-electron chi connectivity index (χ3n) is 3.61. The van der Waals surface area contributed by atoms with Crippen molar-refractivity contribution in [3.8, 4) is 5.75 Å². The predicted octanol–water partition coefficient (Wildman–Crippen LogP) is 2.87. The molecule has 1 saturated carbocycles. The minimum Gasteiger partial charge on any atom is -0.508 e. The van der Waals surface area contributed by atoms with Gasteiger partial charge in [-0.05, 0) is 48.7 Å². The second-order valence-corrected chi connectivity index (χ2v) is 5.31. The Kier molecular flexibility index (Phi) is 3.48. The van der Waals surface area contributed by atoms with E-state index in [1.54, 1.807) is 0 Å². The summed E-state index contributed by atoms with van der Waals surface area (Å²) in [5.74, 6) is 2.60. The second kappa shape index (κ2) is 5.44. The third kappa shape index (κ3) is 3.13. The van der Waals surface area contributed by atoms with Crippen molar-refractivity contribution in [1.29, 1.82) is 0 Å². The molecule has 108 valence electrons. The van der Waals surface area contributed by atoms with Crippen LogP contribution < -0.4 is 5.43 Å². The van der Waals surface area contributed by atoms with Crippen molar-refractivity contribution in [2.24, 2.45) is 11.0 Å². The summed E-state index contributed by atoms with van der Waals surface area (Å²) < 4.78 is 5.65. The maximum Gasteiger partial charge on any atom is 0.271 e. The Balaban J connectivity index is 1.57. The highest BCUT2D eigenvalue weighted by atomic mass is 16.3. The maximum atomic E-state index is 11.8. The summed E-state index contributed by atoms with van der Waals surface area (Å²) in [5.41, 5.74) is 2.85. The fourth-order valence-corrected chi connectivity index (χ4v) is 2.19. The first-order valence-corrected chi connectivity index (χ1v) is 6.85. The van der Waals surface area contributed by atoms with Gasteiger partial charge in [0.25, 0.3) is 5.91 Å². The lowest BCUT2D eigenvalue weighted by atomic mass is 10.2. The smallest absolute Gasteiger partial charge is 0.271 e. The van der Waals surface area contributed by atoms with Crippen LogP contribution in [0.25, 0.3) is 0 Å². The molecule has 1 amide bonds. The number of amides is 1. The van der Waals surface area contributed by atoms with Crippen molar-refractivity contribution >= 4 is 12.1 Å². The van der Waals surface area contributed by atoms with E-state index in [9.17, 15) is 4.79 Å². The molecule has 2 N–H and O–H groups in total. The molecule has 1 heterocycles. The first-order valence-electron chi connectivity index (χ1n) is 6.85. The molecule has 1 aliphatic carbocycles. The molecule has 5 heteroatoms. The van der Waals surface area contributed by atoms with Crippen molar-refractivity contribution in [2.45, 2.75) is 19.3 Å². The number of benzene rings is 1. The largest absolute Gasteiger partial charge is 0.508 e. The molecule has 5 nitrogen and oxygen atoms in total. The lowest BCUT2D eigenvalue weighted by Crippen LogP contribution is -2.17. The lowest BCUT2D eigenvalue weighted by Gasteiger charge is -1.99. The van der Waals surface area contributed by atoms with E-state index in [1.165, 1.54) is 36.9 Å². The van der Waals surface area contributed by atoms with Crippen molar-refractivity contribution in [3.05, 3.63) is 53.5 Å². The lowest BCUT2D eigenvalue weighted by molar-refractivity contribution is 0.0955. The van der Waals surface area contributed by atoms with Gasteiger partial charge in [-0.2, -0.15) is 5.10 Å². The molecule has 2 aromatic rings. The summed E-state index contributed by atoms with van der Waals surface area (Å²) in [4.78, 5) is 11.8. The van der Waals surface area contributed by atoms with Crippen LogP contribution in [0.1, 0.15) is 41.1 Å². The van der Waals surface area contributed by atoms with E-state index < -0.39 is 0 Å². The van der Waals surface area contributed by atoms with E-state index in [4.69, 9.17) is 9.52 Å². The number of hydrogen-bond donors (Lipinski definition) is 2. The summed E-state index contributed by atoms with van der Waals surface area (Å²) in [6, 6.07) is 9.76. The Morgan fingerprint density at radius 3 is 2.71 bits per heavy atom. The quantitative estimate of drug-likeness (QED) is 0.669. The highest BCUT2D eigenvalue weighted by Gasteiger charge is 2.36. The van der Waals surface area contributed by atoms with E-state index in [0.717, 1.165) is 5.76 Å². The van der Waals surface area contributed by atoms with Crippen LogP contribution in [0.3, 0.4) is 0 Å². The second-order valence-electron chi connectivity index (χ2n) is 5.31. The Labute approximate surface area is 122 Å². The molecule has 0 unspecified atom stereocenters. The number of hydrogen-bond acceptors (Lipinski definition) is 4. The molecule has 21 heavy (non-hydrogen) atoms. The maximum absolute atomic E-state index is 11.8. The first-order chi connectivity index (χ1) is 10.1. The number of carbonyl (C=O) groups excluding carboxylic acids is 1. The van der Waals surface area contributed by atoms with Gasteiger partial charge in [0, 0.05) is 11.5 Å². The monoisotopic (exact) mass is 284 g/mol. The van der Waals surface area contributed by atoms with Gasteiger partial charge in [0.15, 0.2) is 0 Å². The van der Waals surface area contributed by atoms with Crippen LogP contribution in [0.4, 0.5) is 0 Å². The molecule has 2 atom stereocenters. The van der Waals surface area contributed by atoms with Gasteiger partial charge in [-0.15, -0.1) is 0 Å². The number of phenolic OH excluding ortho intramolecular Hbond substituents is 1. The summed E-state index contributed by atoms with van der Waals surface area (Å²) in [5, 5.41) is 13.0. The minimum atomic E-state index is -0.339. The summed E-state index contributed by atoms with van der Waals surface area (Å²) in [7, 11) is 0. The molecule has 1 aromatic carbocycles. The van der Waals surface area contributed by atoms with Crippen molar-refractivity contribution < 1.29 is 14.3 Å². The number of carbonyl (C=O) groups is 1. The number of nitrogens with one attached hydrogen (secondary N) is 1. The SMILES string of the molecule is C[C@@H]1C[C@H]1c1ccc(/C=N\NC(=O)c2ccc(O)cc2)o1. The van der Waals surface area contributed by atoms with Gasteiger partial charge in [0.2, 0.25) is 0 Å². The van der Waals surface area contributed by atoms with Crippen LogP contribution >= 0.6 is 0 Å². The van der Waals surface area contributed by atoms with Gasteiger partial charge in [-0.25, -0.2) is 5.43 Å². The number of rotatable bonds is 4. The van der Waals surface area contributed by atoms with Crippen LogP contribution in [-0.4, -0.2) is 17.2 Å².